The maximum atomic E-state index is 9.08. The van der Waals surface area contributed by atoms with E-state index in [1.165, 1.54) is 6.08 Å². The summed E-state index contributed by atoms with van der Waals surface area (Å²) in [5.41, 5.74) is 1.09. The minimum Gasteiger partial charge on any atom is -0.197 e. The van der Waals surface area contributed by atoms with Gasteiger partial charge in [-0.2, -0.15) is 26.3 Å². The van der Waals surface area contributed by atoms with Crippen LogP contribution >= 0.6 is 0 Å². The quantitative estimate of drug-likeness (QED) is 0.654. The van der Waals surface area contributed by atoms with Crippen LogP contribution < -0.4 is 0 Å². The molecule has 0 fully saturated rings. The van der Waals surface area contributed by atoms with Gasteiger partial charge in [0.05, 0.1) is 18.2 Å². The summed E-state index contributed by atoms with van der Waals surface area (Å²) in [4.78, 5) is 0. The van der Waals surface area contributed by atoms with Crippen molar-refractivity contribution >= 4 is 0 Å². The summed E-state index contributed by atoms with van der Waals surface area (Å²) in [6.45, 7) is 1.67. The summed E-state index contributed by atoms with van der Waals surface area (Å²) >= 11 is 0. The average molecular weight is 245 g/mol. The molecule has 0 amide bonds. The highest BCUT2D eigenvalue weighted by Crippen LogP contribution is 2.32. The molecule has 0 N–H and O–H groups in total. The second-order valence-corrected chi connectivity index (χ2v) is 3.84. The van der Waals surface area contributed by atoms with Crippen LogP contribution in [-0.4, -0.2) is 0 Å². The van der Waals surface area contributed by atoms with Crippen molar-refractivity contribution in [1.82, 2.24) is 0 Å². The van der Waals surface area contributed by atoms with Gasteiger partial charge in [-0.1, -0.05) is 6.08 Å². The van der Waals surface area contributed by atoms with Crippen molar-refractivity contribution in [2.45, 2.75) is 6.92 Å². The second-order valence-electron chi connectivity index (χ2n) is 3.84. The van der Waals surface area contributed by atoms with Gasteiger partial charge in [0.25, 0.3) is 0 Å². The van der Waals surface area contributed by atoms with Crippen LogP contribution in [0.3, 0.4) is 0 Å². The van der Waals surface area contributed by atoms with Crippen molar-refractivity contribution in [3.63, 3.8) is 0 Å². The van der Waals surface area contributed by atoms with Crippen molar-refractivity contribution in [2.24, 2.45) is 11.8 Å². The van der Waals surface area contributed by atoms with Gasteiger partial charge in [0.15, 0.2) is 0 Å². The molecule has 19 heavy (non-hydrogen) atoms. The Balaban J connectivity index is 3.44. The maximum Gasteiger partial charge on any atom is 0.144 e. The zero-order chi connectivity index (χ0) is 14.4. The lowest BCUT2D eigenvalue weighted by Gasteiger charge is -2.19. The Labute approximate surface area is 110 Å². The Hall–Kier alpha value is -3.33. The lowest BCUT2D eigenvalue weighted by atomic mass is 9.80. The van der Waals surface area contributed by atoms with E-state index < -0.39 is 11.8 Å². The van der Waals surface area contributed by atoms with Gasteiger partial charge in [0.2, 0.25) is 0 Å². The van der Waals surface area contributed by atoms with Crippen LogP contribution in [0.2, 0.25) is 0 Å². The van der Waals surface area contributed by atoms with Crippen LogP contribution in [0, 0.1) is 68.5 Å². The van der Waals surface area contributed by atoms with Crippen molar-refractivity contribution in [1.29, 1.82) is 26.3 Å². The first-order valence-electron chi connectivity index (χ1n) is 5.27. The molecule has 1 unspecified atom stereocenters. The van der Waals surface area contributed by atoms with E-state index in [0.717, 1.165) is 0 Å². The molecule has 0 aliphatic heterocycles. The van der Waals surface area contributed by atoms with E-state index in [0.29, 0.717) is 11.1 Å². The molecule has 0 heterocycles. The zero-order valence-corrected chi connectivity index (χ0v) is 10.0. The topological polar surface area (TPSA) is 119 Å². The van der Waals surface area contributed by atoms with E-state index >= 15 is 0 Å². The number of hydrogen-bond acceptors (Lipinski definition) is 5. The second kappa shape index (κ2) is 5.84. The Morgan fingerprint density at radius 2 is 1.68 bits per heavy atom. The van der Waals surface area contributed by atoms with Crippen molar-refractivity contribution in [3.8, 4) is 30.3 Å². The van der Waals surface area contributed by atoms with Crippen molar-refractivity contribution in [2.75, 3.05) is 0 Å². The molecule has 1 aliphatic carbocycles. The number of nitrogens with zero attached hydrogens (tertiary/aromatic N) is 5. The monoisotopic (exact) mass is 245 g/mol. The Kier molecular flexibility index (Phi) is 4.22. The van der Waals surface area contributed by atoms with Crippen LogP contribution in [0.1, 0.15) is 6.92 Å². The minimum atomic E-state index is -0.963. The van der Waals surface area contributed by atoms with Crippen LogP contribution in [0.4, 0.5) is 0 Å². The molecule has 1 atom stereocenters. The van der Waals surface area contributed by atoms with E-state index in [2.05, 4.69) is 0 Å². The van der Waals surface area contributed by atoms with E-state index in [-0.39, 0.29) is 11.1 Å². The van der Waals surface area contributed by atoms with E-state index in [1.54, 1.807) is 25.1 Å². The predicted molar refractivity (Wildman–Crippen MR) is 63.9 cm³/mol. The molecule has 0 spiro atoms. The van der Waals surface area contributed by atoms with Gasteiger partial charge in [-0.3, -0.25) is 0 Å². The third-order valence-electron chi connectivity index (χ3n) is 2.77. The number of rotatable bonds is 1. The van der Waals surface area contributed by atoms with Crippen LogP contribution in [0.15, 0.2) is 34.4 Å². The lowest BCUT2D eigenvalue weighted by molar-refractivity contribution is 0.668. The maximum absolute atomic E-state index is 9.08. The van der Waals surface area contributed by atoms with Gasteiger partial charge in [-0.05, 0) is 18.6 Å². The first-order valence-corrected chi connectivity index (χ1v) is 5.27. The van der Waals surface area contributed by atoms with E-state index in [1.807, 2.05) is 18.2 Å². The molecule has 1 aliphatic rings. The molecule has 1 rings (SSSR count). The Bertz CT molecular complexity index is 671. The first-order chi connectivity index (χ1) is 9.12. The number of nitriles is 5. The van der Waals surface area contributed by atoms with Crippen LogP contribution in [-0.2, 0) is 0 Å². The summed E-state index contributed by atoms with van der Waals surface area (Å²) < 4.78 is 0. The van der Waals surface area contributed by atoms with E-state index in [9.17, 15) is 0 Å². The molecule has 5 nitrogen and oxygen atoms in total. The van der Waals surface area contributed by atoms with Gasteiger partial charge < -0.3 is 0 Å². The summed E-state index contributed by atoms with van der Waals surface area (Å²) in [7, 11) is 0. The van der Waals surface area contributed by atoms with Gasteiger partial charge in [-0.25, -0.2) is 0 Å². The lowest BCUT2D eigenvalue weighted by Crippen LogP contribution is -2.15. The smallest absolute Gasteiger partial charge is 0.144 e. The van der Waals surface area contributed by atoms with Gasteiger partial charge >= 0.3 is 0 Å². The van der Waals surface area contributed by atoms with Crippen molar-refractivity contribution in [3.05, 3.63) is 34.4 Å². The molecular weight excluding hydrogens is 238 g/mol. The molecule has 0 aromatic carbocycles. The highest BCUT2D eigenvalue weighted by molar-refractivity contribution is 5.59. The fourth-order valence-electron chi connectivity index (χ4n) is 1.80. The minimum absolute atomic E-state index is 0.0922. The summed E-state index contributed by atoms with van der Waals surface area (Å²) in [6.07, 6.45) is 2.99. The van der Waals surface area contributed by atoms with Crippen LogP contribution in [0.5, 0.6) is 0 Å². The summed E-state index contributed by atoms with van der Waals surface area (Å²) in [5.74, 6) is -1.59. The normalized spacial score (nSPS) is 16.9. The molecule has 5 heteroatoms. The number of allylic oxidation sites excluding steroid dienone is 6. The Morgan fingerprint density at radius 3 is 2.11 bits per heavy atom. The van der Waals surface area contributed by atoms with Gasteiger partial charge in [0.1, 0.15) is 23.6 Å². The highest BCUT2D eigenvalue weighted by Gasteiger charge is 2.27. The zero-order valence-electron chi connectivity index (χ0n) is 10.0. The summed E-state index contributed by atoms with van der Waals surface area (Å²) in [5, 5.41) is 44.6. The molecule has 0 aromatic heterocycles. The van der Waals surface area contributed by atoms with E-state index in [4.69, 9.17) is 26.3 Å². The molecule has 0 saturated heterocycles. The molecule has 88 valence electrons. The van der Waals surface area contributed by atoms with Gasteiger partial charge in [-0.15, -0.1) is 0 Å². The molecule has 0 saturated carbocycles. The first kappa shape index (κ1) is 13.7. The predicted octanol–water partition coefficient (Wildman–Crippen LogP) is 2.02. The standard InChI is InChI=1S/C14H7N5/c1-9-2-14(12(7-18)8-19)10(4-15)3-13(9)11(5-16)6-17/h2-3,12,14H,1H3. The third-order valence-corrected chi connectivity index (χ3v) is 2.77. The number of hydrogen-bond donors (Lipinski definition) is 0. The highest BCUT2D eigenvalue weighted by atomic mass is 14.4. The largest absolute Gasteiger partial charge is 0.197 e. The fraction of sp³-hybridized carbons (Fsp3) is 0.214. The molecule has 0 bridgehead atoms. The third kappa shape index (κ3) is 2.50. The Morgan fingerprint density at radius 1 is 1.11 bits per heavy atom. The average Bonchev–Trinajstić information content (AvgIpc) is 2.43. The van der Waals surface area contributed by atoms with Crippen molar-refractivity contribution < 1.29 is 0 Å². The van der Waals surface area contributed by atoms with Crippen LogP contribution in [0.25, 0.3) is 0 Å². The SMILES string of the molecule is CC1=CC(C(C#N)C#N)C(C#N)=CC1=C(C#N)C#N. The molecular formula is C14H7N5. The van der Waals surface area contributed by atoms with Gasteiger partial charge in [0, 0.05) is 17.1 Å². The molecule has 0 radical (unpaired) electrons. The fourth-order valence-corrected chi connectivity index (χ4v) is 1.80. The summed E-state index contributed by atoms with van der Waals surface area (Å²) in [6, 6.07) is 9.11. The molecule has 0 aromatic rings.